The molecule has 0 aromatic rings. The largest absolute Gasteiger partial charge is 0.510 e. The van der Waals surface area contributed by atoms with Crippen molar-refractivity contribution in [2.75, 3.05) is 0 Å². The van der Waals surface area contributed by atoms with E-state index in [9.17, 15) is 9.90 Å². The Morgan fingerprint density at radius 1 is 0.944 bits per heavy atom. The summed E-state index contributed by atoms with van der Waals surface area (Å²) in [6.07, 6.45) is 3.10. The molecule has 0 unspecified atom stereocenters. The van der Waals surface area contributed by atoms with E-state index in [1.54, 1.807) is 0 Å². The van der Waals surface area contributed by atoms with Gasteiger partial charge >= 0.3 is 0 Å². The minimum atomic E-state index is -0.423. The Labute approximate surface area is 117 Å². The Morgan fingerprint density at radius 3 is 1.56 bits per heavy atom. The highest BCUT2D eigenvalue weighted by Gasteiger charge is 2.35. The van der Waals surface area contributed by atoms with Gasteiger partial charge in [-0.05, 0) is 25.7 Å². The van der Waals surface area contributed by atoms with Crippen LogP contribution in [-0.4, -0.2) is 10.9 Å². The van der Waals surface area contributed by atoms with Crippen LogP contribution in [0.25, 0.3) is 0 Å². The number of allylic oxidation sites excluding steroid dienone is 2. The molecule has 3 heteroatoms. The topological polar surface area (TPSA) is 37.3 Å². The Balaban J connectivity index is 5.49. The van der Waals surface area contributed by atoms with Gasteiger partial charge in [0.25, 0.3) is 0 Å². The molecule has 0 fully saturated rings. The Morgan fingerprint density at radius 2 is 1.28 bits per heavy atom. The highest BCUT2D eigenvalue weighted by Crippen LogP contribution is 2.39. The second kappa shape index (κ2) is 6.65. The highest BCUT2D eigenvalue weighted by atomic mass is 32.1. The Kier molecular flexibility index (Phi) is 6.48. The Bertz CT molecular complexity index is 323. The smallest absolute Gasteiger partial charge is 0.178 e. The summed E-state index contributed by atoms with van der Waals surface area (Å²) in [4.78, 5) is 12.7. The van der Waals surface area contributed by atoms with Crippen LogP contribution >= 0.6 is 12.6 Å². The quantitative estimate of drug-likeness (QED) is 0.392. The zero-order chi connectivity index (χ0) is 14.6. The van der Waals surface area contributed by atoms with Gasteiger partial charge in [-0.15, -0.1) is 12.6 Å². The molecule has 0 aromatic carbocycles. The summed E-state index contributed by atoms with van der Waals surface area (Å²) in [6.45, 7) is 11.9. The van der Waals surface area contributed by atoms with Crippen LogP contribution < -0.4 is 0 Å². The van der Waals surface area contributed by atoms with Gasteiger partial charge in [0.1, 0.15) is 5.76 Å². The summed E-state index contributed by atoms with van der Waals surface area (Å²) in [5.41, 5.74) is -0.775. The maximum atomic E-state index is 12.5. The number of carbonyl (C=O) groups is 1. The predicted molar refractivity (Wildman–Crippen MR) is 81.0 cm³/mol. The van der Waals surface area contributed by atoms with Gasteiger partial charge in [0.2, 0.25) is 0 Å². The number of hydrogen-bond donors (Lipinski definition) is 2. The molecule has 2 nitrogen and oxygen atoms in total. The van der Waals surface area contributed by atoms with Gasteiger partial charge in [-0.3, -0.25) is 4.79 Å². The van der Waals surface area contributed by atoms with Crippen LogP contribution in [0.4, 0.5) is 0 Å². The standard InChI is InChI=1S/C15H28O2S/c1-7-14(5,8-2)12(16)11(18)13(17)15(6,9-3)10-4/h16,18H,7-10H2,1-6H3/b12-11+. The van der Waals surface area contributed by atoms with Crippen LogP contribution in [0.5, 0.6) is 0 Å². The third-order valence-electron chi connectivity index (χ3n) is 4.68. The molecule has 0 aliphatic rings. The first-order valence-corrected chi connectivity index (χ1v) is 7.34. The molecule has 0 atom stereocenters. The number of ketones is 1. The number of thiol groups is 1. The van der Waals surface area contributed by atoms with Gasteiger partial charge in [0, 0.05) is 10.8 Å². The van der Waals surface area contributed by atoms with Crippen LogP contribution in [0.2, 0.25) is 0 Å². The van der Waals surface area contributed by atoms with E-state index in [0.29, 0.717) is 0 Å². The SMILES string of the molecule is CCC(C)(CC)C(=O)/C(S)=C(\O)C(C)(CC)CC. The molecule has 1 N–H and O–H groups in total. The van der Waals surface area contributed by atoms with Gasteiger partial charge in [0.05, 0.1) is 4.91 Å². The number of carbonyl (C=O) groups excluding carboxylic acids is 1. The lowest BCUT2D eigenvalue weighted by Crippen LogP contribution is -2.29. The Hall–Kier alpha value is -0.440. The van der Waals surface area contributed by atoms with Gasteiger partial charge in [-0.1, -0.05) is 41.5 Å². The molecule has 18 heavy (non-hydrogen) atoms. The number of aliphatic hydroxyl groups is 1. The molecule has 0 saturated heterocycles. The van der Waals surface area contributed by atoms with Crippen LogP contribution in [-0.2, 0) is 4.79 Å². The molecule has 0 aliphatic carbocycles. The van der Waals surface area contributed by atoms with Crippen LogP contribution in [0, 0.1) is 10.8 Å². The van der Waals surface area contributed by atoms with E-state index in [-0.39, 0.29) is 21.9 Å². The number of rotatable bonds is 7. The number of Topliss-reactive ketones (excluding diaryl/α,β-unsaturated/α-hetero) is 1. The zero-order valence-electron chi connectivity index (χ0n) is 12.6. The van der Waals surface area contributed by atoms with Crippen molar-refractivity contribution in [3.63, 3.8) is 0 Å². The lowest BCUT2D eigenvalue weighted by atomic mass is 9.77. The molecule has 0 saturated carbocycles. The zero-order valence-corrected chi connectivity index (χ0v) is 13.5. The van der Waals surface area contributed by atoms with Crippen LogP contribution in [0.1, 0.15) is 67.2 Å². The molecule has 0 rings (SSSR count). The molecule has 0 bridgehead atoms. The summed E-state index contributed by atoms with van der Waals surface area (Å²) in [7, 11) is 0. The first kappa shape index (κ1) is 17.6. The molecule has 0 aromatic heterocycles. The molecular formula is C15H28O2S. The molecule has 0 spiro atoms. The van der Waals surface area contributed by atoms with Crippen molar-refractivity contribution < 1.29 is 9.90 Å². The lowest BCUT2D eigenvalue weighted by Gasteiger charge is -2.30. The van der Waals surface area contributed by atoms with E-state index in [2.05, 4.69) is 12.6 Å². The van der Waals surface area contributed by atoms with Gasteiger partial charge in [-0.25, -0.2) is 0 Å². The molecule has 0 aliphatic heterocycles. The van der Waals surface area contributed by atoms with Crippen molar-refractivity contribution >= 4 is 18.4 Å². The summed E-state index contributed by atoms with van der Waals surface area (Å²) >= 11 is 4.30. The van der Waals surface area contributed by atoms with Crippen LogP contribution in [0.15, 0.2) is 10.7 Å². The maximum absolute atomic E-state index is 12.5. The first-order chi connectivity index (χ1) is 8.22. The third-order valence-corrected chi connectivity index (χ3v) is 5.10. The third kappa shape index (κ3) is 3.31. The lowest BCUT2D eigenvalue weighted by molar-refractivity contribution is -0.123. The monoisotopic (exact) mass is 272 g/mol. The van der Waals surface area contributed by atoms with Crippen molar-refractivity contribution in [2.45, 2.75) is 67.2 Å². The van der Waals surface area contributed by atoms with Crippen molar-refractivity contribution in [3.8, 4) is 0 Å². The first-order valence-electron chi connectivity index (χ1n) is 6.89. The van der Waals surface area contributed by atoms with Crippen molar-refractivity contribution in [1.82, 2.24) is 0 Å². The van der Waals surface area contributed by atoms with E-state index in [1.165, 1.54) is 0 Å². The normalized spacial score (nSPS) is 14.4. The molecular weight excluding hydrogens is 244 g/mol. The molecule has 106 valence electrons. The van der Waals surface area contributed by atoms with E-state index in [4.69, 9.17) is 0 Å². The maximum Gasteiger partial charge on any atom is 0.178 e. The summed E-state index contributed by atoms with van der Waals surface area (Å²) in [6, 6.07) is 0. The minimum absolute atomic E-state index is 0.0403. The fourth-order valence-electron chi connectivity index (χ4n) is 1.84. The van der Waals surface area contributed by atoms with Crippen molar-refractivity contribution in [3.05, 3.63) is 10.7 Å². The number of aliphatic hydroxyl groups excluding tert-OH is 1. The molecule has 0 radical (unpaired) electrons. The number of hydrogen-bond acceptors (Lipinski definition) is 3. The predicted octanol–water partition coefficient (Wildman–Crippen LogP) is 4.91. The minimum Gasteiger partial charge on any atom is -0.510 e. The fraction of sp³-hybridized carbons (Fsp3) is 0.800. The second-order valence-corrected chi connectivity index (χ2v) is 6.01. The average Bonchev–Trinajstić information content (AvgIpc) is 2.42. The van der Waals surface area contributed by atoms with E-state index >= 15 is 0 Å². The summed E-state index contributed by atoms with van der Waals surface area (Å²) in [5.74, 6) is 0.107. The van der Waals surface area contributed by atoms with E-state index in [0.717, 1.165) is 25.7 Å². The second-order valence-electron chi connectivity index (χ2n) is 5.56. The van der Waals surface area contributed by atoms with Crippen molar-refractivity contribution in [1.29, 1.82) is 0 Å². The molecule has 0 amide bonds. The van der Waals surface area contributed by atoms with E-state index < -0.39 is 5.41 Å². The van der Waals surface area contributed by atoms with E-state index in [1.807, 2.05) is 41.5 Å². The highest BCUT2D eigenvalue weighted by molar-refractivity contribution is 7.85. The van der Waals surface area contributed by atoms with Gasteiger partial charge in [0.15, 0.2) is 5.78 Å². The average molecular weight is 272 g/mol. The summed E-state index contributed by atoms with van der Waals surface area (Å²) in [5, 5.41) is 10.3. The summed E-state index contributed by atoms with van der Waals surface area (Å²) < 4.78 is 0. The van der Waals surface area contributed by atoms with Gasteiger partial charge in [-0.2, -0.15) is 0 Å². The fourth-order valence-corrected chi connectivity index (χ4v) is 2.38. The van der Waals surface area contributed by atoms with Gasteiger partial charge < -0.3 is 5.11 Å². The molecule has 0 heterocycles. The van der Waals surface area contributed by atoms with Crippen LogP contribution in [0.3, 0.4) is 0 Å². The van der Waals surface area contributed by atoms with Crippen molar-refractivity contribution in [2.24, 2.45) is 10.8 Å².